The van der Waals surface area contributed by atoms with Crippen molar-refractivity contribution in [2.75, 3.05) is 4.90 Å². The summed E-state index contributed by atoms with van der Waals surface area (Å²) in [7, 11) is 0. The lowest BCUT2D eigenvalue weighted by molar-refractivity contribution is 0.660. The number of nitrogens with zero attached hydrogens (tertiary/aromatic N) is 1. The van der Waals surface area contributed by atoms with Crippen LogP contribution in [-0.4, -0.2) is 0 Å². The first-order valence-corrected chi connectivity index (χ1v) is 17.6. The summed E-state index contributed by atoms with van der Waals surface area (Å²) in [4.78, 5) is 2.44. The highest BCUT2D eigenvalue weighted by Gasteiger charge is 2.37. The highest BCUT2D eigenvalue weighted by Crippen LogP contribution is 2.54. The minimum Gasteiger partial charge on any atom is -0.456 e. The molecule has 0 unspecified atom stereocenters. The lowest BCUT2D eigenvalue weighted by Crippen LogP contribution is -2.16. The molecular formula is C48H37NO. The average molecular weight is 644 g/mol. The maximum atomic E-state index is 6.43. The number of para-hydroxylation sites is 1. The monoisotopic (exact) mass is 643 g/mol. The van der Waals surface area contributed by atoms with E-state index in [1.165, 1.54) is 55.6 Å². The molecule has 2 nitrogen and oxygen atoms in total. The van der Waals surface area contributed by atoms with E-state index in [9.17, 15) is 0 Å². The Bertz CT molecular complexity index is 2670. The Morgan fingerprint density at radius 1 is 0.440 bits per heavy atom. The van der Waals surface area contributed by atoms with E-state index in [2.05, 4.69) is 178 Å². The summed E-state index contributed by atoms with van der Waals surface area (Å²) < 4.78 is 6.43. The minimum atomic E-state index is -0.116. The van der Waals surface area contributed by atoms with Crippen LogP contribution in [0.1, 0.15) is 49.9 Å². The molecule has 8 aromatic rings. The highest BCUT2D eigenvalue weighted by atomic mass is 16.3. The van der Waals surface area contributed by atoms with Crippen LogP contribution in [0.3, 0.4) is 0 Å². The van der Waals surface area contributed by atoms with Crippen molar-refractivity contribution in [1.29, 1.82) is 0 Å². The summed E-state index contributed by atoms with van der Waals surface area (Å²) in [5, 5.41) is 2.24. The van der Waals surface area contributed by atoms with Gasteiger partial charge in [-0.2, -0.15) is 0 Å². The van der Waals surface area contributed by atoms with Crippen LogP contribution in [0.15, 0.2) is 156 Å². The van der Waals surface area contributed by atoms with Gasteiger partial charge in [0.25, 0.3) is 0 Å². The number of hydrogen-bond donors (Lipinski definition) is 0. The van der Waals surface area contributed by atoms with Crippen molar-refractivity contribution in [2.24, 2.45) is 0 Å². The zero-order chi connectivity index (χ0) is 33.8. The number of benzene rings is 7. The van der Waals surface area contributed by atoms with Gasteiger partial charge in [0.2, 0.25) is 0 Å². The molecule has 2 heteroatoms. The van der Waals surface area contributed by atoms with Crippen molar-refractivity contribution in [3.05, 3.63) is 174 Å². The minimum absolute atomic E-state index is 0.0572. The first kappa shape index (κ1) is 29.1. The van der Waals surface area contributed by atoms with E-state index in [1.807, 2.05) is 6.07 Å². The molecule has 0 fully saturated rings. The van der Waals surface area contributed by atoms with Gasteiger partial charge in [0, 0.05) is 27.6 Å². The van der Waals surface area contributed by atoms with E-state index >= 15 is 0 Å². The molecule has 0 amide bonds. The maximum Gasteiger partial charge on any atom is 0.137 e. The molecule has 0 N–H and O–H groups in total. The molecule has 0 bridgehead atoms. The molecule has 0 saturated carbocycles. The fourth-order valence-corrected chi connectivity index (χ4v) is 9.01. The molecule has 0 spiro atoms. The van der Waals surface area contributed by atoms with Crippen LogP contribution in [-0.2, 0) is 10.8 Å². The van der Waals surface area contributed by atoms with Crippen LogP contribution in [0.5, 0.6) is 0 Å². The number of anilines is 3. The van der Waals surface area contributed by atoms with Gasteiger partial charge in [0.1, 0.15) is 11.2 Å². The molecule has 2 aliphatic rings. The molecule has 0 saturated heterocycles. The van der Waals surface area contributed by atoms with Crippen LogP contribution >= 0.6 is 0 Å². The first-order valence-electron chi connectivity index (χ1n) is 17.6. The van der Waals surface area contributed by atoms with Crippen LogP contribution in [0.4, 0.5) is 17.1 Å². The second-order valence-corrected chi connectivity index (χ2v) is 14.9. The summed E-state index contributed by atoms with van der Waals surface area (Å²) in [6, 6.07) is 55.6. The topological polar surface area (TPSA) is 16.4 Å². The van der Waals surface area contributed by atoms with Gasteiger partial charge in [0.15, 0.2) is 0 Å². The molecule has 0 atom stereocenters. The fourth-order valence-electron chi connectivity index (χ4n) is 9.01. The maximum absolute atomic E-state index is 6.43. The van der Waals surface area contributed by atoms with Crippen molar-refractivity contribution in [3.8, 4) is 33.4 Å². The molecule has 7 aromatic carbocycles. The first-order chi connectivity index (χ1) is 24.3. The normalized spacial score (nSPS) is 14.7. The molecule has 50 heavy (non-hydrogen) atoms. The van der Waals surface area contributed by atoms with Gasteiger partial charge < -0.3 is 9.32 Å². The second kappa shape index (κ2) is 10.3. The van der Waals surface area contributed by atoms with Gasteiger partial charge in [-0.05, 0) is 98.1 Å². The largest absolute Gasteiger partial charge is 0.456 e. The van der Waals surface area contributed by atoms with Crippen molar-refractivity contribution in [2.45, 2.75) is 38.5 Å². The second-order valence-electron chi connectivity index (χ2n) is 14.9. The predicted molar refractivity (Wildman–Crippen MR) is 209 cm³/mol. The number of rotatable bonds is 4. The van der Waals surface area contributed by atoms with Gasteiger partial charge >= 0.3 is 0 Å². The van der Waals surface area contributed by atoms with Crippen molar-refractivity contribution in [1.82, 2.24) is 0 Å². The third kappa shape index (κ3) is 3.96. The molecule has 240 valence electrons. The van der Waals surface area contributed by atoms with Crippen molar-refractivity contribution >= 4 is 39.0 Å². The van der Waals surface area contributed by atoms with Crippen LogP contribution in [0, 0.1) is 0 Å². The number of hydrogen-bond acceptors (Lipinski definition) is 2. The number of fused-ring (bicyclic) bond motifs is 9. The van der Waals surface area contributed by atoms with E-state index in [0.29, 0.717) is 0 Å². The van der Waals surface area contributed by atoms with Gasteiger partial charge in [-0.1, -0.05) is 137 Å². The highest BCUT2D eigenvalue weighted by molar-refractivity contribution is 6.13. The smallest absolute Gasteiger partial charge is 0.137 e. The third-order valence-electron chi connectivity index (χ3n) is 11.5. The van der Waals surface area contributed by atoms with Gasteiger partial charge in [-0.25, -0.2) is 0 Å². The summed E-state index contributed by atoms with van der Waals surface area (Å²) >= 11 is 0. The van der Waals surface area contributed by atoms with Crippen molar-refractivity contribution < 1.29 is 4.42 Å². The van der Waals surface area contributed by atoms with Gasteiger partial charge in [-0.3, -0.25) is 0 Å². The Labute approximate surface area is 293 Å². The molecule has 10 rings (SSSR count). The van der Waals surface area contributed by atoms with Crippen LogP contribution in [0.2, 0.25) is 0 Å². The van der Waals surface area contributed by atoms with Crippen LogP contribution < -0.4 is 4.90 Å². The Morgan fingerprint density at radius 3 is 1.90 bits per heavy atom. The molecule has 1 heterocycles. The summed E-state index contributed by atoms with van der Waals surface area (Å²) in [6.45, 7) is 9.41. The Morgan fingerprint density at radius 2 is 1.04 bits per heavy atom. The Hall–Kier alpha value is -5.86. The van der Waals surface area contributed by atoms with Crippen molar-refractivity contribution in [3.63, 3.8) is 0 Å². The molecule has 2 aliphatic carbocycles. The summed E-state index contributed by atoms with van der Waals surface area (Å²) in [6.07, 6.45) is 0. The zero-order valence-electron chi connectivity index (χ0n) is 28.8. The molecule has 0 aliphatic heterocycles. The number of furan rings is 1. The summed E-state index contributed by atoms with van der Waals surface area (Å²) in [5.74, 6) is 0. The lowest BCUT2D eigenvalue weighted by Gasteiger charge is -2.29. The third-order valence-corrected chi connectivity index (χ3v) is 11.5. The molecule has 0 radical (unpaired) electrons. The molecule has 1 aromatic heterocycles. The van der Waals surface area contributed by atoms with E-state index < -0.39 is 0 Å². The lowest BCUT2D eigenvalue weighted by atomic mass is 9.82. The zero-order valence-corrected chi connectivity index (χ0v) is 28.8. The van der Waals surface area contributed by atoms with E-state index in [1.54, 1.807) is 0 Å². The van der Waals surface area contributed by atoms with Crippen LogP contribution in [0.25, 0.3) is 55.3 Å². The van der Waals surface area contributed by atoms with E-state index in [-0.39, 0.29) is 10.8 Å². The fraction of sp³-hybridized carbons (Fsp3) is 0.125. The van der Waals surface area contributed by atoms with Gasteiger partial charge in [0.05, 0.1) is 11.1 Å². The van der Waals surface area contributed by atoms with E-state index in [0.717, 1.165) is 39.0 Å². The predicted octanol–water partition coefficient (Wildman–Crippen LogP) is 13.3. The quantitative estimate of drug-likeness (QED) is 0.190. The Balaban J connectivity index is 1.22. The summed E-state index contributed by atoms with van der Waals surface area (Å²) in [5.41, 5.74) is 18.2. The SMILES string of the molecule is CC1(C)c2ccccc2-c2ccc(N(c3cccc(-c4cccc5c4-c4ccccc4C5(C)C)c3)c3cccc4oc5ccccc5c34)cc21. The van der Waals surface area contributed by atoms with E-state index in [4.69, 9.17) is 4.42 Å². The average Bonchev–Trinajstić information content (AvgIpc) is 3.72. The molecular weight excluding hydrogens is 607 g/mol. The Kier molecular flexibility index (Phi) is 6.01. The van der Waals surface area contributed by atoms with Gasteiger partial charge in [-0.15, -0.1) is 0 Å². The standard InChI is InChI=1S/C48H37NO/c1-47(2)39-21-9-6-17-36(39)45-33(19-12-22-40(45)47)30-14-11-15-31(28-30)49(42-23-13-25-44-46(42)37-18-7-10-24-43(37)50-44)32-26-27-35-34-16-5-8-20-38(34)48(3,4)41(35)29-32/h5-29H,1-4H3.